The number of anilines is 1. The van der Waals surface area contributed by atoms with Gasteiger partial charge in [0.15, 0.2) is 6.10 Å². The summed E-state index contributed by atoms with van der Waals surface area (Å²) in [5, 5.41) is 0. The first-order chi connectivity index (χ1) is 16.8. The minimum absolute atomic E-state index is 0.186. The van der Waals surface area contributed by atoms with E-state index in [9.17, 15) is 24.0 Å². The van der Waals surface area contributed by atoms with Crippen molar-refractivity contribution in [1.82, 2.24) is 4.90 Å². The predicted octanol–water partition coefficient (Wildman–Crippen LogP) is 2.83. The van der Waals surface area contributed by atoms with Crippen LogP contribution < -0.4 is 4.90 Å². The zero-order valence-corrected chi connectivity index (χ0v) is 19.6. The first-order valence-corrected chi connectivity index (χ1v) is 11.6. The summed E-state index contributed by atoms with van der Waals surface area (Å²) in [7, 11) is 0. The van der Waals surface area contributed by atoms with Crippen molar-refractivity contribution in [3.05, 3.63) is 65.2 Å². The molecular formula is C26H26N2O7. The number of nitrogens with zero attached hydrogens (tertiary/aromatic N) is 2. The number of fused-ring (bicyclic) bond motifs is 1. The number of carbonyl (C=O) groups is 5. The molecular weight excluding hydrogens is 452 g/mol. The van der Waals surface area contributed by atoms with Gasteiger partial charge < -0.3 is 14.4 Å². The third-order valence-corrected chi connectivity index (χ3v) is 6.21. The monoisotopic (exact) mass is 478 g/mol. The van der Waals surface area contributed by atoms with Crippen LogP contribution in [0.5, 0.6) is 0 Å². The maximum atomic E-state index is 12.7. The molecule has 1 fully saturated rings. The van der Waals surface area contributed by atoms with Crippen molar-refractivity contribution in [1.29, 1.82) is 0 Å². The Bertz CT molecular complexity index is 1130. The van der Waals surface area contributed by atoms with Gasteiger partial charge in [-0.2, -0.15) is 0 Å². The first kappa shape index (κ1) is 24.1. The van der Waals surface area contributed by atoms with Crippen LogP contribution in [0.2, 0.25) is 0 Å². The minimum Gasteiger partial charge on any atom is -0.466 e. The Hall–Kier alpha value is -4.01. The molecule has 9 nitrogen and oxygen atoms in total. The highest BCUT2D eigenvalue weighted by atomic mass is 16.5. The number of carbonyl (C=O) groups excluding carboxylic acids is 5. The molecule has 2 aromatic rings. The predicted molar refractivity (Wildman–Crippen MR) is 125 cm³/mol. The summed E-state index contributed by atoms with van der Waals surface area (Å²) in [6.45, 7) is 4.36. The summed E-state index contributed by atoms with van der Waals surface area (Å²) in [5.41, 5.74) is 1.19. The molecule has 1 unspecified atom stereocenters. The largest absolute Gasteiger partial charge is 0.466 e. The summed E-state index contributed by atoms with van der Waals surface area (Å²) < 4.78 is 10.4. The van der Waals surface area contributed by atoms with Crippen LogP contribution in [0, 0.1) is 5.92 Å². The van der Waals surface area contributed by atoms with Gasteiger partial charge in [-0.15, -0.1) is 0 Å². The molecule has 4 rings (SSSR count). The van der Waals surface area contributed by atoms with Gasteiger partial charge >= 0.3 is 11.9 Å². The van der Waals surface area contributed by atoms with Crippen LogP contribution in [0.4, 0.5) is 5.69 Å². The number of amides is 3. The minimum atomic E-state index is -1.00. The van der Waals surface area contributed by atoms with Gasteiger partial charge in [0.05, 0.1) is 34.9 Å². The number of piperidine rings is 1. The lowest BCUT2D eigenvalue weighted by molar-refractivity contribution is -0.152. The van der Waals surface area contributed by atoms with E-state index in [1.54, 1.807) is 36.1 Å². The summed E-state index contributed by atoms with van der Waals surface area (Å²) >= 11 is 0. The maximum absolute atomic E-state index is 12.7. The Kier molecular flexibility index (Phi) is 6.95. The Morgan fingerprint density at radius 3 is 2.06 bits per heavy atom. The van der Waals surface area contributed by atoms with E-state index in [0.29, 0.717) is 49.4 Å². The van der Waals surface area contributed by atoms with E-state index in [4.69, 9.17) is 9.47 Å². The Morgan fingerprint density at radius 2 is 1.51 bits per heavy atom. The van der Waals surface area contributed by atoms with Crippen LogP contribution in [0.1, 0.15) is 57.8 Å². The number of likely N-dealkylation sites (tertiary alicyclic amines) is 1. The molecule has 0 aliphatic carbocycles. The Morgan fingerprint density at radius 1 is 0.943 bits per heavy atom. The first-order valence-electron chi connectivity index (χ1n) is 11.6. The van der Waals surface area contributed by atoms with Crippen molar-refractivity contribution in [2.24, 2.45) is 5.92 Å². The number of ether oxygens (including phenoxy) is 2. The van der Waals surface area contributed by atoms with Crippen LogP contribution in [0.25, 0.3) is 0 Å². The number of hydrogen-bond acceptors (Lipinski definition) is 7. The molecule has 2 aliphatic rings. The van der Waals surface area contributed by atoms with E-state index < -0.39 is 23.9 Å². The molecule has 3 amide bonds. The van der Waals surface area contributed by atoms with E-state index in [1.807, 2.05) is 0 Å². The molecule has 0 bridgehead atoms. The maximum Gasteiger partial charge on any atom is 0.338 e. The van der Waals surface area contributed by atoms with Gasteiger partial charge in [-0.3, -0.25) is 19.2 Å². The summed E-state index contributed by atoms with van der Waals surface area (Å²) in [6.07, 6.45) is 0.00669. The molecule has 35 heavy (non-hydrogen) atoms. The van der Waals surface area contributed by atoms with E-state index >= 15 is 0 Å². The second-order valence-electron chi connectivity index (χ2n) is 8.44. The average Bonchev–Trinajstić information content (AvgIpc) is 3.13. The quantitative estimate of drug-likeness (QED) is 0.464. The van der Waals surface area contributed by atoms with Gasteiger partial charge in [-0.25, -0.2) is 9.69 Å². The number of esters is 2. The number of rotatable bonds is 6. The van der Waals surface area contributed by atoms with Crippen molar-refractivity contribution in [2.45, 2.75) is 32.8 Å². The normalized spacial score (nSPS) is 16.6. The lowest BCUT2D eigenvalue weighted by Crippen LogP contribution is -2.45. The standard InChI is InChI=1S/C26H26N2O7/c1-3-34-25(32)18-12-14-27(15-13-18)22(29)16(2)35-26(33)17-8-10-19(11-9-17)28-23(30)20-6-4-5-7-21(20)24(28)31/h4-11,16,18H,3,12-15H2,1-2H3. The van der Waals surface area contributed by atoms with Gasteiger partial charge in [0.2, 0.25) is 0 Å². The molecule has 0 spiro atoms. The van der Waals surface area contributed by atoms with E-state index in [1.165, 1.54) is 31.2 Å². The topological polar surface area (TPSA) is 110 Å². The average molecular weight is 479 g/mol. The van der Waals surface area contributed by atoms with Crippen LogP contribution in [0.3, 0.4) is 0 Å². The fraction of sp³-hybridized carbons (Fsp3) is 0.346. The number of hydrogen-bond donors (Lipinski definition) is 0. The smallest absolute Gasteiger partial charge is 0.338 e. The summed E-state index contributed by atoms with van der Waals surface area (Å²) in [5.74, 6) is -2.34. The summed E-state index contributed by atoms with van der Waals surface area (Å²) in [4.78, 5) is 65.1. The van der Waals surface area contributed by atoms with Crippen LogP contribution in [-0.4, -0.2) is 60.4 Å². The molecule has 2 heterocycles. The second kappa shape index (κ2) is 10.1. The van der Waals surface area contributed by atoms with Gasteiger partial charge in [0, 0.05) is 13.1 Å². The molecule has 9 heteroatoms. The second-order valence-corrected chi connectivity index (χ2v) is 8.44. The van der Waals surface area contributed by atoms with E-state index in [-0.39, 0.29) is 23.4 Å². The molecule has 1 saturated heterocycles. The highest BCUT2D eigenvalue weighted by Crippen LogP contribution is 2.28. The third kappa shape index (κ3) is 4.80. The SMILES string of the molecule is CCOC(=O)C1CCN(C(=O)C(C)OC(=O)c2ccc(N3C(=O)c4ccccc4C3=O)cc2)CC1. The zero-order chi connectivity index (χ0) is 25.1. The molecule has 0 N–H and O–H groups in total. The molecule has 0 aromatic heterocycles. The van der Waals surface area contributed by atoms with Crippen molar-refractivity contribution in [3.8, 4) is 0 Å². The van der Waals surface area contributed by atoms with Crippen LogP contribution >= 0.6 is 0 Å². The van der Waals surface area contributed by atoms with Gasteiger partial charge in [0.1, 0.15) is 0 Å². The fourth-order valence-corrected chi connectivity index (χ4v) is 4.30. The van der Waals surface area contributed by atoms with Crippen LogP contribution in [0.15, 0.2) is 48.5 Å². The third-order valence-electron chi connectivity index (χ3n) is 6.21. The van der Waals surface area contributed by atoms with Gasteiger partial charge in [-0.1, -0.05) is 12.1 Å². The van der Waals surface area contributed by atoms with E-state index in [0.717, 1.165) is 4.90 Å². The fourth-order valence-electron chi connectivity index (χ4n) is 4.30. The zero-order valence-electron chi connectivity index (χ0n) is 19.6. The molecule has 2 aliphatic heterocycles. The molecule has 0 radical (unpaired) electrons. The molecule has 1 atom stereocenters. The number of benzene rings is 2. The van der Waals surface area contributed by atoms with Crippen molar-refractivity contribution in [3.63, 3.8) is 0 Å². The highest BCUT2D eigenvalue weighted by Gasteiger charge is 2.36. The molecule has 0 saturated carbocycles. The van der Waals surface area contributed by atoms with E-state index in [2.05, 4.69) is 0 Å². The Labute approximate surface area is 202 Å². The van der Waals surface area contributed by atoms with Crippen molar-refractivity contribution in [2.75, 3.05) is 24.6 Å². The van der Waals surface area contributed by atoms with Gasteiger partial charge in [0.25, 0.3) is 17.7 Å². The number of imide groups is 1. The molecule has 182 valence electrons. The highest BCUT2D eigenvalue weighted by molar-refractivity contribution is 6.34. The summed E-state index contributed by atoms with van der Waals surface area (Å²) in [6, 6.07) is 12.5. The lowest BCUT2D eigenvalue weighted by atomic mass is 9.97. The van der Waals surface area contributed by atoms with Crippen molar-refractivity contribution < 1.29 is 33.4 Å². The molecule has 2 aromatic carbocycles. The lowest BCUT2D eigenvalue weighted by Gasteiger charge is -2.32. The van der Waals surface area contributed by atoms with Crippen molar-refractivity contribution >= 4 is 35.3 Å². The Balaban J connectivity index is 1.34. The van der Waals surface area contributed by atoms with Crippen LogP contribution in [-0.2, 0) is 19.1 Å². The van der Waals surface area contributed by atoms with Gasteiger partial charge in [-0.05, 0) is 63.1 Å².